The lowest BCUT2D eigenvalue weighted by Gasteiger charge is -2.41. The lowest BCUT2D eigenvalue weighted by molar-refractivity contribution is 0.0823. The Bertz CT molecular complexity index is 1010. The maximum atomic E-state index is 12.7. The summed E-state index contributed by atoms with van der Waals surface area (Å²) >= 11 is 0. The van der Waals surface area contributed by atoms with Crippen LogP contribution in [0.3, 0.4) is 0 Å². The predicted octanol–water partition coefficient (Wildman–Crippen LogP) is 3.74. The summed E-state index contributed by atoms with van der Waals surface area (Å²) in [6.45, 7) is 6.90. The molecular formula is C23H27N3O2. The van der Waals surface area contributed by atoms with Crippen molar-refractivity contribution in [1.29, 1.82) is 0 Å². The number of aromatic amines is 1. The zero-order valence-corrected chi connectivity index (χ0v) is 16.7. The van der Waals surface area contributed by atoms with E-state index in [1.807, 2.05) is 24.3 Å². The summed E-state index contributed by atoms with van der Waals surface area (Å²) in [5.41, 5.74) is 4.20. The second-order valence-corrected chi connectivity index (χ2v) is 8.07. The number of rotatable bonds is 5. The number of carbonyl (C=O) groups excluding carboxylic acids is 1. The van der Waals surface area contributed by atoms with E-state index < -0.39 is 0 Å². The first kappa shape index (κ1) is 18.6. The summed E-state index contributed by atoms with van der Waals surface area (Å²) in [7, 11) is 1.64. The molecule has 0 saturated heterocycles. The van der Waals surface area contributed by atoms with Gasteiger partial charge < -0.3 is 15.0 Å². The highest BCUT2D eigenvalue weighted by Gasteiger charge is 2.30. The number of amides is 1. The first-order valence-corrected chi connectivity index (χ1v) is 9.73. The fraction of sp³-hybridized carbons (Fsp3) is 0.348. The molecular weight excluding hydrogens is 350 g/mol. The van der Waals surface area contributed by atoms with Gasteiger partial charge in [-0.05, 0) is 55.7 Å². The minimum atomic E-state index is -0.127. The normalized spacial score (nSPS) is 14.7. The van der Waals surface area contributed by atoms with Crippen molar-refractivity contribution in [3.63, 3.8) is 0 Å². The number of carbonyl (C=O) groups is 1. The topological polar surface area (TPSA) is 57.4 Å². The van der Waals surface area contributed by atoms with Gasteiger partial charge in [0.15, 0.2) is 0 Å². The molecule has 0 saturated carbocycles. The molecule has 4 rings (SSSR count). The van der Waals surface area contributed by atoms with Gasteiger partial charge >= 0.3 is 0 Å². The molecule has 0 radical (unpaired) electrons. The maximum Gasteiger partial charge on any atom is 0.267 e. The number of nitrogens with zero attached hydrogens (tertiary/aromatic N) is 1. The van der Waals surface area contributed by atoms with E-state index in [1.165, 1.54) is 11.1 Å². The molecule has 28 heavy (non-hydrogen) atoms. The zero-order chi connectivity index (χ0) is 19.7. The first-order valence-electron chi connectivity index (χ1n) is 9.73. The third kappa shape index (κ3) is 3.62. The van der Waals surface area contributed by atoms with Crippen molar-refractivity contribution in [2.75, 3.05) is 20.2 Å². The average molecular weight is 377 g/mol. The van der Waals surface area contributed by atoms with E-state index in [2.05, 4.69) is 53.3 Å². The van der Waals surface area contributed by atoms with Crippen LogP contribution in [0.25, 0.3) is 10.9 Å². The van der Waals surface area contributed by atoms with Crippen LogP contribution in [-0.2, 0) is 13.0 Å². The van der Waals surface area contributed by atoms with Gasteiger partial charge in [-0.15, -0.1) is 0 Å². The van der Waals surface area contributed by atoms with Gasteiger partial charge in [0.05, 0.1) is 7.11 Å². The van der Waals surface area contributed by atoms with E-state index in [-0.39, 0.29) is 11.4 Å². The van der Waals surface area contributed by atoms with Crippen LogP contribution in [0.4, 0.5) is 0 Å². The van der Waals surface area contributed by atoms with E-state index >= 15 is 0 Å². The summed E-state index contributed by atoms with van der Waals surface area (Å²) < 4.78 is 5.26. The Morgan fingerprint density at radius 2 is 1.96 bits per heavy atom. The van der Waals surface area contributed by atoms with Crippen LogP contribution < -0.4 is 10.1 Å². The van der Waals surface area contributed by atoms with E-state index in [4.69, 9.17) is 4.74 Å². The lowest BCUT2D eigenvalue weighted by Crippen LogP contribution is -2.53. The molecule has 3 aromatic rings. The predicted molar refractivity (Wildman–Crippen MR) is 112 cm³/mol. The minimum absolute atomic E-state index is 0.0827. The Morgan fingerprint density at radius 3 is 2.75 bits per heavy atom. The summed E-state index contributed by atoms with van der Waals surface area (Å²) in [5, 5.41) is 4.08. The van der Waals surface area contributed by atoms with Gasteiger partial charge in [-0.2, -0.15) is 0 Å². The lowest BCUT2D eigenvalue weighted by atomic mass is 9.94. The van der Waals surface area contributed by atoms with E-state index in [0.29, 0.717) is 12.2 Å². The summed E-state index contributed by atoms with van der Waals surface area (Å²) in [5.74, 6) is 0.700. The largest absolute Gasteiger partial charge is 0.497 e. The molecule has 146 valence electrons. The molecule has 1 amide bonds. The molecule has 1 aliphatic heterocycles. The molecule has 0 bridgehead atoms. The number of aromatic nitrogens is 1. The molecule has 0 fully saturated rings. The Labute approximate surface area is 165 Å². The monoisotopic (exact) mass is 377 g/mol. The van der Waals surface area contributed by atoms with E-state index in [1.54, 1.807) is 7.11 Å². The smallest absolute Gasteiger partial charge is 0.267 e. The van der Waals surface area contributed by atoms with Gasteiger partial charge in [0, 0.05) is 36.1 Å². The second kappa shape index (κ2) is 7.32. The Balaban J connectivity index is 1.42. The van der Waals surface area contributed by atoms with E-state index in [0.717, 1.165) is 36.2 Å². The van der Waals surface area contributed by atoms with Crippen molar-refractivity contribution in [2.45, 2.75) is 32.4 Å². The highest BCUT2D eigenvalue weighted by molar-refractivity contribution is 5.98. The maximum absolute atomic E-state index is 12.7. The molecule has 5 heteroatoms. The van der Waals surface area contributed by atoms with Crippen LogP contribution in [0.1, 0.15) is 35.5 Å². The molecule has 1 aliphatic rings. The fourth-order valence-electron chi connectivity index (χ4n) is 3.88. The van der Waals surface area contributed by atoms with Gasteiger partial charge in [-0.3, -0.25) is 9.69 Å². The number of methoxy groups -OCH3 is 1. The zero-order valence-electron chi connectivity index (χ0n) is 16.7. The van der Waals surface area contributed by atoms with Crippen molar-refractivity contribution in [2.24, 2.45) is 0 Å². The minimum Gasteiger partial charge on any atom is -0.497 e. The van der Waals surface area contributed by atoms with Crippen molar-refractivity contribution in [1.82, 2.24) is 15.2 Å². The van der Waals surface area contributed by atoms with Crippen molar-refractivity contribution < 1.29 is 9.53 Å². The van der Waals surface area contributed by atoms with Gasteiger partial charge in [-0.25, -0.2) is 0 Å². The van der Waals surface area contributed by atoms with Crippen LogP contribution >= 0.6 is 0 Å². The highest BCUT2D eigenvalue weighted by atomic mass is 16.5. The number of H-pyrrole nitrogens is 1. The number of benzene rings is 2. The SMILES string of the molecule is COc1ccc2[nH]c(C(=O)NCC(C)(C)N3CCc4ccccc4C3)cc2c1. The van der Waals surface area contributed by atoms with Crippen LogP contribution in [-0.4, -0.2) is 41.5 Å². The highest BCUT2D eigenvalue weighted by Crippen LogP contribution is 2.25. The Hall–Kier alpha value is -2.79. The van der Waals surface area contributed by atoms with Crippen molar-refractivity contribution in [3.05, 3.63) is 65.4 Å². The standard InChI is InChI=1S/C23H27N3O2/c1-23(2,26-11-10-16-6-4-5-7-17(16)14-26)15-24-22(27)21-13-18-12-19(28-3)8-9-20(18)25-21/h4-9,12-13,25H,10-11,14-15H2,1-3H3,(H,24,27). The quantitative estimate of drug-likeness (QED) is 0.712. The molecule has 2 heterocycles. The third-order valence-electron chi connectivity index (χ3n) is 5.74. The molecule has 0 aliphatic carbocycles. The Morgan fingerprint density at radius 1 is 1.18 bits per heavy atom. The molecule has 5 nitrogen and oxygen atoms in total. The molecule has 1 aromatic heterocycles. The van der Waals surface area contributed by atoms with Gasteiger partial charge in [0.1, 0.15) is 11.4 Å². The van der Waals surface area contributed by atoms with Crippen molar-refractivity contribution >= 4 is 16.8 Å². The summed E-state index contributed by atoms with van der Waals surface area (Å²) in [6.07, 6.45) is 1.05. The first-order chi connectivity index (χ1) is 13.5. The summed E-state index contributed by atoms with van der Waals surface area (Å²) in [4.78, 5) is 18.3. The van der Waals surface area contributed by atoms with Crippen molar-refractivity contribution in [3.8, 4) is 5.75 Å². The van der Waals surface area contributed by atoms with Gasteiger partial charge in [0.2, 0.25) is 0 Å². The van der Waals surface area contributed by atoms with Crippen LogP contribution in [0, 0.1) is 0 Å². The van der Waals surface area contributed by atoms with Crippen LogP contribution in [0.5, 0.6) is 5.75 Å². The summed E-state index contributed by atoms with van der Waals surface area (Å²) in [6, 6.07) is 16.2. The Kier molecular flexibility index (Phi) is 4.85. The van der Waals surface area contributed by atoms with Crippen LogP contribution in [0.2, 0.25) is 0 Å². The third-order valence-corrected chi connectivity index (χ3v) is 5.74. The molecule has 2 N–H and O–H groups in total. The van der Waals surface area contributed by atoms with Gasteiger partial charge in [-0.1, -0.05) is 24.3 Å². The molecule has 0 spiro atoms. The van der Waals surface area contributed by atoms with Crippen LogP contribution in [0.15, 0.2) is 48.5 Å². The van der Waals surface area contributed by atoms with Gasteiger partial charge in [0.25, 0.3) is 5.91 Å². The molecule has 2 aromatic carbocycles. The number of hydrogen-bond acceptors (Lipinski definition) is 3. The number of nitrogens with one attached hydrogen (secondary N) is 2. The number of fused-ring (bicyclic) bond motifs is 2. The number of hydrogen-bond donors (Lipinski definition) is 2. The fourth-order valence-corrected chi connectivity index (χ4v) is 3.88. The molecule has 0 atom stereocenters. The molecule has 0 unspecified atom stereocenters. The number of ether oxygens (including phenoxy) is 1. The average Bonchev–Trinajstić information content (AvgIpc) is 3.15. The second-order valence-electron chi connectivity index (χ2n) is 8.07. The van der Waals surface area contributed by atoms with E-state index in [9.17, 15) is 4.79 Å².